The topological polar surface area (TPSA) is 42.4 Å². The summed E-state index contributed by atoms with van der Waals surface area (Å²) in [4.78, 5) is 19.7. The van der Waals surface area contributed by atoms with E-state index in [0.29, 0.717) is 5.56 Å². The van der Waals surface area contributed by atoms with Crippen LogP contribution in [0.15, 0.2) is 24.5 Å². The van der Waals surface area contributed by atoms with Crippen LogP contribution in [0.1, 0.15) is 10.4 Å². The van der Waals surface area contributed by atoms with Crippen molar-refractivity contribution >= 4 is 5.97 Å². The van der Waals surface area contributed by atoms with Crippen molar-refractivity contribution in [2.45, 2.75) is 0 Å². The minimum Gasteiger partial charge on any atom is -0.364 e. The molecule has 0 unspecified atom stereocenters. The molecule has 0 atom stereocenters. The predicted octanol–water partition coefficient (Wildman–Crippen LogP) is 0.715. The van der Waals surface area contributed by atoms with Gasteiger partial charge in [0.05, 0.1) is 5.56 Å². The van der Waals surface area contributed by atoms with Gasteiger partial charge in [-0.1, -0.05) is 0 Å². The van der Waals surface area contributed by atoms with Crippen LogP contribution in [0.5, 0.6) is 0 Å². The Morgan fingerprint density at radius 2 is 2.33 bits per heavy atom. The highest BCUT2D eigenvalue weighted by molar-refractivity contribution is 5.88. The van der Waals surface area contributed by atoms with Gasteiger partial charge in [-0.2, -0.15) is 0 Å². The van der Waals surface area contributed by atoms with Crippen molar-refractivity contribution in [2.24, 2.45) is 0 Å². The Labute approximate surface area is 70.7 Å². The zero-order valence-corrected chi connectivity index (χ0v) is 7.02. The van der Waals surface area contributed by atoms with E-state index < -0.39 is 5.97 Å². The first kappa shape index (κ1) is 8.67. The van der Waals surface area contributed by atoms with Gasteiger partial charge in [-0.3, -0.25) is 4.98 Å². The van der Waals surface area contributed by atoms with E-state index in [1.165, 1.54) is 11.3 Å². The van der Waals surface area contributed by atoms with Gasteiger partial charge in [0.25, 0.3) is 0 Å². The van der Waals surface area contributed by atoms with E-state index in [9.17, 15) is 4.79 Å². The molecule has 0 aliphatic carbocycles. The molecule has 12 heavy (non-hydrogen) atoms. The van der Waals surface area contributed by atoms with Gasteiger partial charge in [0.15, 0.2) is 0 Å². The van der Waals surface area contributed by atoms with Crippen molar-refractivity contribution < 1.29 is 9.63 Å². The van der Waals surface area contributed by atoms with E-state index >= 15 is 0 Å². The Hall–Kier alpha value is -1.42. The minimum atomic E-state index is -0.395. The normalized spacial score (nSPS) is 9.92. The molecule has 1 aromatic rings. The minimum absolute atomic E-state index is 0.395. The highest BCUT2D eigenvalue weighted by Gasteiger charge is 2.06. The molecule has 0 aliphatic rings. The van der Waals surface area contributed by atoms with E-state index in [4.69, 9.17) is 4.84 Å². The van der Waals surface area contributed by atoms with Gasteiger partial charge in [0.2, 0.25) is 0 Å². The van der Waals surface area contributed by atoms with Crippen molar-refractivity contribution in [2.75, 3.05) is 14.1 Å². The van der Waals surface area contributed by atoms with Gasteiger partial charge in [0.1, 0.15) is 0 Å². The summed E-state index contributed by atoms with van der Waals surface area (Å²) in [6.07, 6.45) is 3.07. The summed E-state index contributed by atoms with van der Waals surface area (Å²) < 4.78 is 0. The summed E-state index contributed by atoms with van der Waals surface area (Å²) in [6, 6.07) is 3.34. The lowest BCUT2D eigenvalue weighted by molar-refractivity contribution is -0.0713. The second-order valence-electron chi connectivity index (χ2n) is 2.43. The number of carbonyl (C=O) groups is 1. The number of pyridine rings is 1. The lowest BCUT2D eigenvalue weighted by atomic mass is 10.3. The van der Waals surface area contributed by atoms with Gasteiger partial charge in [-0.05, 0) is 12.1 Å². The summed E-state index contributed by atoms with van der Waals surface area (Å²) in [6.45, 7) is 0. The zero-order valence-electron chi connectivity index (χ0n) is 7.02. The quantitative estimate of drug-likeness (QED) is 0.607. The van der Waals surface area contributed by atoms with Gasteiger partial charge >= 0.3 is 5.97 Å². The standard InChI is InChI=1S/C8H10N2O2/c1-10(2)12-8(11)7-4-3-5-9-6-7/h3-6H,1-2H3. The maximum atomic E-state index is 11.2. The molecule has 0 radical (unpaired) electrons. The maximum absolute atomic E-state index is 11.2. The van der Waals surface area contributed by atoms with Gasteiger partial charge in [-0.15, -0.1) is 5.06 Å². The third-order valence-electron chi connectivity index (χ3n) is 1.16. The molecule has 1 rings (SSSR count). The van der Waals surface area contributed by atoms with Crippen LogP contribution in [0.2, 0.25) is 0 Å². The summed E-state index contributed by atoms with van der Waals surface area (Å²) in [7, 11) is 3.29. The van der Waals surface area contributed by atoms with Crippen LogP contribution in [-0.2, 0) is 4.84 Å². The monoisotopic (exact) mass is 166 g/mol. The Kier molecular flexibility index (Phi) is 2.76. The first-order valence-corrected chi connectivity index (χ1v) is 3.50. The van der Waals surface area contributed by atoms with E-state index in [1.54, 1.807) is 32.4 Å². The fourth-order valence-electron chi connectivity index (χ4n) is 0.702. The summed E-state index contributed by atoms with van der Waals surface area (Å²) in [5.74, 6) is -0.395. The average molecular weight is 166 g/mol. The second-order valence-corrected chi connectivity index (χ2v) is 2.43. The number of hydrogen-bond donors (Lipinski definition) is 0. The SMILES string of the molecule is CN(C)OC(=O)c1cccnc1. The van der Waals surface area contributed by atoms with Crippen LogP contribution in [0.3, 0.4) is 0 Å². The van der Waals surface area contributed by atoms with Gasteiger partial charge in [0, 0.05) is 26.5 Å². The molecule has 0 saturated heterocycles. The molecule has 0 aromatic carbocycles. The van der Waals surface area contributed by atoms with Crippen LogP contribution in [-0.4, -0.2) is 30.1 Å². The lowest BCUT2D eigenvalue weighted by Gasteiger charge is -2.08. The molecule has 0 amide bonds. The number of hydrogen-bond acceptors (Lipinski definition) is 4. The van der Waals surface area contributed by atoms with Crippen molar-refractivity contribution in [3.63, 3.8) is 0 Å². The van der Waals surface area contributed by atoms with Crippen LogP contribution < -0.4 is 0 Å². The van der Waals surface area contributed by atoms with Crippen molar-refractivity contribution in [3.05, 3.63) is 30.1 Å². The molecule has 64 valence electrons. The smallest absolute Gasteiger partial charge is 0.358 e. The third-order valence-corrected chi connectivity index (χ3v) is 1.16. The second kappa shape index (κ2) is 3.82. The van der Waals surface area contributed by atoms with Crippen LogP contribution in [0.4, 0.5) is 0 Å². The number of hydroxylamine groups is 2. The van der Waals surface area contributed by atoms with E-state index in [2.05, 4.69) is 4.98 Å². The fraction of sp³-hybridized carbons (Fsp3) is 0.250. The number of nitrogens with zero attached hydrogens (tertiary/aromatic N) is 2. The Morgan fingerprint density at radius 1 is 1.58 bits per heavy atom. The number of carbonyl (C=O) groups excluding carboxylic acids is 1. The average Bonchev–Trinajstić information content (AvgIpc) is 2.05. The van der Waals surface area contributed by atoms with E-state index in [1.807, 2.05) is 0 Å². The lowest BCUT2D eigenvalue weighted by Crippen LogP contribution is -2.18. The molecular formula is C8H10N2O2. The largest absolute Gasteiger partial charge is 0.364 e. The van der Waals surface area contributed by atoms with E-state index in [-0.39, 0.29) is 0 Å². The molecule has 0 saturated carbocycles. The Morgan fingerprint density at radius 3 is 2.83 bits per heavy atom. The fourth-order valence-corrected chi connectivity index (χ4v) is 0.702. The van der Waals surface area contributed by atoms with Crippen molar-refractivity contribution in [3.8, 4) is 0 Å². The Bertz CT molecular complexity index is 259. The third kappa shape index (κ3) is 2.32. The Balaban J connectivity index is 2.66. The number of rotatable bonds is 2. The summed E-state index contributed by atoms with van der Waals surface area (Å²) in [5, 5.41) is 1.34. The first-order chi connectivity index (χ1) is 5.70. The highest BCUT2D eigenvalue weighted by Crippen LogP contribution is 1.98. The van der Waals surface area contributed by atoms with Gasteiger partial charge < -0.3 is 4.84 Å². The summed E-state index contributed by atoms with van der Waals surface area (Å²) in [5.41, 5.74) is 0.450. The van der Waals surface area contributed by atoms with Crippen molar-refractivity contribution in [1.82, 2.24) is 10.0 Å². The molecule has 4 nitrogen and oxygen atoms in total. The zero-order chi connectivity index (χ0) is 8.97. The number of aromatic nitrogens is 1. The molecule has 1 aromatic heterocycles. The first-order valence-electron chi connectivity index (χ1n) is 3.50. The van der Waals surface area contributed by atoms with Crippen LogP contribution in [0, 0.1) is 0 Å². The van der Waals surface area contributed by atoms with Gasteiger partial charge in [-0.25, -0.2) is 4.79 Å². The predicted molar refractivity (Wildman–Crippen MR) is 43.3 cm³/mol. The molecule has 0 aliphatic heterocycles. The van der Waals surface area contributed by atoms with Crippen LogP contribution >= 0.6 is 0 Å². The van der Waals surface area contributed by atoms with Crippen molar-refractivity contribution in [1.29, 1.82) is 0 Å². The summed E-state index contributed by atoms with van der Waals surface area (Å²) >= 11 is 0. The molecule has 4 heteroatoms. The van der Waals surface area contributed by atoms with Crippen LogP contribution in [0.25, 0.3) is 0 Å². The molecular weight excluding hydrogens is 156 g/mol. The molecule has 1 heterocycles. The highest BCUT2D eigenvalue weighted by atomic mass is 16.7. The molecule has 0 spiro atoms. The maximum Gasteiger partial charge on any atom is 0.358 e. The molecule has 0 fully saturated rings. The molecule has 0 bridgehead atoms. The molecule has 0 N–H and O–H groups in total. The van der Waals surface area contributed by atoms with E-state index in [0.717, 1.165) is 0 Å².